The van der Waals surface area contributed by atoms with Gasteiger partial charge in [0.05, 0.1) is 24.7 Å². The molecule has 4 rings (SSSR count). The van der Waals surface area contributed by atoms with Crippen LogP contribution in [0.5, 0.6) is 11.5 Å². The van der Waals surface area contributed by atoms with Crippen molar-refractivity contribution < 1.29 is 14.3 Å². The zero-order chi connectivity index (χ0) is 25.3. The summed E-state index contributed by atoms with van der Waals surface area (Å²) in [6.45, 7) is 6.05. The summed E-state index contributed by atoms with van der Waals surface area (Å²) in [6.07, 6.45) is 3.78. The minimum Gasteiger partial charge on any atom is -0.493 e. The van der Waals surface area contributed by atoms with Crippen molar-refractivity contribution in [3.63, 3.8) is 0 Å². The second-order valence-corrected chi connectivity index (χ2v) is 10.4. The number of carbonyl (C=O) groups is 1. The molecule has 6 heteroatoms. The summed E-state index contributed by atoms with van der Waals surface area (Å²) >= 11 is 6.81. The fourth-order valence-corrected chi connectivity index (χ4v) is 5.07. The first-order chi connectivity index (χ1) is 17.5. The zero-order valence-corrected chi connectivity index (χ0v) is 22.3. The van der Waals surface area contributed by atoms with E-state index in [1.165, 1.54) is 17.3 Å². The molecule has 0 aromatic heterocycles. The van der Waals surface area contributed by atoms with Gasteiger partial charge in [-0.25, -0.2) is 0 Å². The van der Waals surface area contributed by atoms with Crippen LogP contribution < -0.4 is 9.47 Å². The zero-order valence-electron chi connectivity index (χ0n) is 20.7. The molecule has 1 heterocycles. The van der Waals surface area contributed by atoms with Crippen LogP contribution in [0.15, 0.2) is 83.8 Å². The number of thiocarbonyl (C=S) groups is 1. The highest BCUT2D eigenvalue weighted by molar-refractivity contribution is 8.26. The summed E-state index contributed by atoms with van der Waals surface area (Å²) in [5.41, 5.74) is 3.30. The number of nitrogens with zero attached hydrogens (tertiary/aromatic N) is 1. The highest BCUT2D eigenvalue weighted by Gasteiger charge is 2.31. The molecule has 1 aliphatic rings. The predicted molar refractivity (Wildman–Crippen MR) is 152 cm³/mol. The van der Waals surface area contributed by atoms with Crippen LogP contribution in [0.3, 0.4) is 0 Å². The van der Waals surface area contributed by atoms with Gasteiger partial charge in [-0.3, -0.25) is 9.69 Å². The molecule has 186 valence electrons. The standard InChI is InChI=1S/C30H31NO3S2/c1-3-22(2)25-13-15-26(16-14-25)33-17-8-18-34-27-12-7-11-24(19-27)20-28-29(32)31(30(35)36-28)21-23-9-5-4-6-10-23/h4-7,9-16,19-20,22H,3,8,17-18,21H2,1-2H3. The molecule has 1 atom stereocenters. The third-order valence-corrected chi connectivity index (χ3v) is 7.48. The molecule has 36 heavy (non-hydrogen) atoms. The first-order valence-electron chi connectivity index (χ1n) is 12.3. The Morgan fingerprint density at radius 2 is 1.67 bits per heavy atom. The Balaban J connectivity index is 1.26. The maximum Gasteiger partial charge on any atom is 0.266 e. The van der Waals surface area contributed by atoms with E-state index >= 15 is 0 Å². The van der Waals surface area contributed by atoms with Crippen molar-refractivity contribution in [2.24, 2.45) is 0 Å². The van der Waals surface area contributed by atoms with Crippen molar-refractivity contribution in [1.29, 1.82) is 0 Å². The molecular formula is C30H31NO3S2. The van der Waals surface area contributed by atoms with Crippen molar-refractivity contribution >= 4 is 40.3 Å². The molecule has 1 saturated heterocycles. The van der Waals surface area contributed by atoms with E-state index in [1.54, 1.807) is 4.90 Å². The van der Waals surface area contributed by atoms with Crippen molar-refractivity contribution in [2.75, 3.05) is 13.2 Å². The lowest BCUT2D eigenvalue weighted by atomic mass is 9.99. The second kappa shape index (κ2) is 12.7. The topological polar surface area (TPSA) is 38.8 Å². The number of amides is 1. The highest BCUT2D eigenvalue weighted by Crippen LogP contribution is 2.34. The highest BCUT2D eigenvalue weighted by atomic mass is 32.2. The average molecular weight is 518 g/mol. The van der Waals surface area contributed by atoms with E-state index < -0.39 is 0 Å². The molecule has 0 bridgehead atoms. The quantitative estimate of drug-likeness (QED) is 0.150. The largest absolute Gasteiger partial charge is 0.493 e. The van der Waals surface area contributed by atoms with E-state index in [0.717, 1.165) is 35.5 Å². The molecule has 4 nitrogen and oxygen atoms in total. The molecule has 3 aromatic carbocycles. The van der Waals surface area contributed by atoms with Crippen LogP contribution >= 0.6 is 24.0 Å². The van der Waals surface area contributed by atoms with Crippen LogP contribution in [0.1, 0.15) is 49.3 Å². The van der Waals surface area contributed by atoms with Crippen LogP contribution in [-0.4, -0.2) is 28.3 Å². The van der Waals surface area contributed by atoms with Crippen LogP contribution in [-0.2, 0) is 11.3 Å². The molecule has 1 unspecified atom stereocenters. The normalized spacial score (nSPS) is 15.4. The lowest BCUT2D eigenvalue weighted by Gasteiger charge is -2.14. The second-order valence-electron chi connectivity index (χ2n) is 8.75. The smallest absolute Gasteiger partial charge is 0.266 e. The van der Waals surface area contributed by atoms with Gasteiger partial charge >= 0.3 is 0 Å². The van der Waals surface area contributed by atoms with Gasteiger partial charge in [-0.1, -0.05) is 92.4 Å². The summed E-state index contributed by atoms with van der Waals surface area (Å²) in [6, 6.07) is 26.0. The number of thioether (sulfide) groups is 1. The molecule has 1 amide bonds. The Morgan fingerprint density at radius 1 is 0.944 bits per heavy atom. The van der Waals surface area contributed by atoms with E-state index in [1.807, 2.05) is 72.8 Å². The van der Waals surface area contributed by atoms with Crippen LogP contribution in [0.2, 0.25) is 0 Å². The lowest BCUT2D eigenvalue weighted by molar-refractivity contribution is -0.122. The van der Waals surface area contributed by atoms with Gasteiger partial charge in [-0.05, 0) is 59.4 Å². The Hall–Kier alpha value is -3.09. The molecule has 1 fully saturated rings. The van der Waals surface area contributed by atoms with Crippen molar-refractivity contribution in [3.05, 3.63) is 100 Å². The van der Waals surface area contributed by atoms with E-state index in [0.29, 0.717) is 34.9 Å². The molecule has 0 N–H and O–H groups in total. The number of benzene rings is 3. The summed E-state index contributed by atoms with van der Waals surface area (Å²) in [7, 11) is 0. The number of hydrogen-bond donors (Lipinski definition) is 0. The van der Waals surface area contributed by atoms with Gasteiger partial charge in [-0.2, -0.15) is 0 Å². The number of ether oxygens (including phenoxy) is 2. The first-order valence-corrected chi connectivity index (χ1v) is 13.5. The van der Waals surface area contributed by atoms with Crippen LogP contribution in [0, 0.1) is 0 Å². The molecule has 3 aromatic rings. The number of rotatable bonds is 11. The van der Waals surface area contributed by atoms with Crippen molar-refractivity contribution in [2.45, 2.75) is 39.2 Å². The van der Waals surface area contributed by atoms with Gasteiger partial charge in [-0.15, -0.1) is 0 Å². The van der Waals surface area contributed by atoms with Gasteiger partial charge in [0.2, 0.25) is 0 Å². The minimum absolute atomic E-state index is 0.0606. The summed E-state index contributed by atoms with van der Waals surface area (Å²) in [5, 5.41) is 0. The van der Waals surface area contributed by atoms with Crippen molar-refractivity contribution in [1.82, 2.24) is 4.90 Å². The van der Waals surface area contributed by atoms with E-state index in [2.05, 4.69) is 26.0 Å². The van der Waals surface area contributed by atoms with E-state index in [-0.39, 0.29) is 5.91 Å². The summed E-state index contributed by atoms with van der Waals surface area (Å²) in [4.78, 5) is 15.2. The third-order valence-electron chi connectivity index (χ3n) is 6.10. The summed E-state index contributed by atoms with van der Waals surface area (Å²) < 4.78 is 12.4. The average Bonchev–Trinajstić information content (AvgIpc) is 3.16. The van der Waals surface area contributed by atoms with Gasteiger partial charge in [0.25, 0.3) is 5.91 Å². The molecule has 0 radical (unpaired) electrons. The maximum absolute atomic E-state index is 12.9. The van der Waals surface area contributed by atoms with Crippen molar-refractivity contribution in [3.8, 4) is 11.5 Å². The third kappa shape index (κ3) is 6.99. The Morgan fingerprint density at radius 3 is 2.39 bits per heavy atom. The van der Waals surface area contributed by atoms with E-state index in [4.69, 9.17) is 21.7 Å². The van der Waals surface area contributed by atoms with Gasteiger partial charge in [0.15, 0.2) is 0 Å². The summed E-state index contributed by atoms with van der Waals surface area (Å²) in [5.74, 6) is 2.15. The lowest BCUT2D eigenvalue weighted by Crippen LogP contribution is -2.27. The first kappa shape index (κ1) is 26.0. The Bertz CT molecular complexity index is 1210. The van der Waals surface area contributed by atoms with Crippen LogP contribution in [0.25, 0.3) is 6.08 Å². The Labute approximate surface area is 223 Å². The van der Waals surface area contributed by atoms with E-state index in [9.17, 15) is 4.79 Å². The van der Waals surface area contributed by atoms with Gasteiger partial charge in [0, 0.05) is 6.42 Å². The molecule has 0 aliphatic carbocycles. The molecule has 0 saturated carbocycles. The van der Waals surface area contributed by atoms with Gasteiger partial charge in [0.1, 0.15) is 15.8 Å². The molecular weight excluding hydrogens is 486 g/mol. The fourth-order valence-electron chi connectivity index (χ4n) is 3.82. The molecule has 1 aliphatic heterocycles. The Kier molecular flexibility index (Phi) is 9.20. The van der Waals surface area contributed by atoms with Crippen LogP contribution in [0.4, 0.5) is 0 Å². The minimum atomic E-state index is -0.0606. The maximum atomic E-state index is 12.9. The fraction of sp³-hybridized carbons (Fsp3) is 0.267. The number of hydrogen-bond acceptors (Lipinski definition) is 5. The monoisotopic (exact) mass is 517 g/mol. The predicted octanol–water partition coefficient (Wildman–Crippen LogP) is 7.45. The molecule has 0 spiro atoms. The SMILES string of the molecule is CCC(C)c1ccc(OCCCOc2cccc(C=C3SC(=S)N(Cc4ccccc4)C3=O)c2)cc1. The van der Waals surface area contributed by atoms with Gasteiger partial charge < -0.3 is 9.47 Å². The number of carbonyl (C=O) groups excluding carboxylic acids is 1.